The molecule has 120 valence electrons. The molecule has 2 aromatic rings. The van der Waals surface area contributed by atoms with Crippen LogP contribution >= 0.6 is 0 Å². The molecule has 1 aliphatic rings. The molecule has 1 fully saturated rings. The van der Waals surface area contributed by atoms with Gasteiger partial charge in [-0.15, -0.1) is 0 Å². The molecule has 23 heavy (non-hydrogen) atoms. The lowest BCUT2D eigenvalue weighted by Crippen LogP contribution is -2.55. The molecule has 1 saturated heterocycles. The van der Waals surface area contributed by atoms with Gasteiger partial charge in [0.05, 0.1) is 24.8 Å². The van der Waals surface area contributed by atoms with Crippen LogP contribution in [0.3, 0.4) is 0 Å². The van der Waals surface area contributed by atoms with Gasteiger partial charge in [-0.25, -0.2) is 0 Å². The highest BCUT2D eigenvalue weighted by Gasteiger charge is 2.37. The van der Waals surface area contributed by atoms with Gasteiger partial charge in [0.2, 0.25) is 5.91 Å². The molecule has 1 N–H and O–H groups in total. The van der Waals surface area contributed by atoms with Crippen molar-refractivity contribution in [2.45, 2.75) is 6.54 Å². The monoisotopic (exact) mass is 319 g/mol. The molecule has 0 unspecified atom stereocenters. The molecule has 0 saturated carbocycles. The molecular weight excluding hydrogens is 306 g/mol. The second-order valence-electron chi connectivity index (χ2n) is 5.10. The number of nitrogens with zero attached hydrogens (tertiary/aromatic N) is 2. The van der Waals surface area contributed by atoms with Crippen molar-refractivity contribution in [1.29, 1.82) is 0 Å². The van der Waals surface area contributed by atoms with Crippen molar-refractivity contribution in [2.24, 2.45) is 5.92 Å². The predicted octanol–water partition coefficient (Wildman–Crippen LogP) is 1.17. The van der Waals surface area contributed by atoms with Crippen molar-refractivity contribution >= 4 is 17.7 Å². The average Bonchev–Trinajstić information content (AvgIpc) is 3.14. The van der Waals surface area contributed by atoms with Crippen LogP contribution in [0.5, 0.6) is 0 Å². The molecule has 9 nitrogen and oxygen atoms in total. The second kappa shape index (κ2) is 5.95. The van der Waals surface area contributed by atoms with Crippen molar-refractivity contribution in [3.8, 4) is 0 Å². The van der Waals surface area contributed by atoms with Crippen LogP contribution in [0, 0.1) is 16.0 Å². The average molecular weight is 319 g/mol. The zero-order valence-electron chi connectivity index (χ0n) is 11.9. The third kappa shape index (κ3) is 3.07. The van der Waals surface area contributed by atoms with Crippen LogP contribution in [0.2, 0.25) is 0 Å². The summed E-state index contributed by atoms with van der Waals surface area (Å²) >= 11 is 0. The molecule has 0 atom stereocenters. The minimum atomic E-state index is -0.711. The van der Waals surface area contributed by atoms with Crippen LogP contribution < -0.4 is 5.32 Å². The Balaban J connectivity index is 1.48. The van der Waals surface area contributed by atoms with Gasteiger partial charge in [0, 0.05) is 13.1 Å². The van der Waals surface area contributed by atoms with Gasteiger partial charge < -0.3 is 19.1 Å². The first-order valence-electron chi connectivity index (χ1n) is 6.88. The van der Waals surface area contributed by atoms with Crippen LogP contribution in [0.4, 0.5) is 5.88 Å². The Kier molecular flexibility index (Phi) is 3.83. The van der Waals surface area contributed by atoms with Gasteiger partial charge >= 0.3 is 5.88 Å². The van der Waals surface area contributed by atoms with E-state index >= 15 is 0 Å². The number of hydrogen-bond acceptors (Lipinski definition) is 6. The van der Waals surface area contributed by atoms with E-state index in [0.717, 1.165) is 6.07 Å². The van der Waals surface area contributed by atoms with Crippen molar-refractivity contribution in [1.82, 2.24) is 10.2 Å². The van der Waals surface area contributed by atoms with Crippen LogP contribution in [-0.4, -0.2) is 34.7 Å². The Morgan fingerprint density at radius 1 is 1.35 bits per heavy atom. The minimum Gasteiger partial charge on any atom is -0.467 e. The highest BCUT2D eigenvalue weighted by Crippen LogP contribution is 2.22. The number of amides is 2. The maximum absolute atomic E-state index is 12.0. The largest absolute Gasteiger partial charge is 0.467 e. The minimum absolute atomic E-state index is 0.105. The number of carbonyl (C=O) groups excluding carboxylic acids is 2. The molecule has 0 aliphatic carbocycles. The van der Waals surface area contributed by atoms with Crippen molar-refractivity contribution < 1.29 is 23.3 Å². The van der Waals surface area contributed by atoms with E-state index in [1.54, 1.807) is 12.1 Å². The summed E-state index contributed by atoms with van der Waals surface area (Å²) in [7, 11) is 0. The van der Waals surface area contributed by atoms with Crippen molar-refractivity contribution in [3.63, 3.8) is 0 Å². The summed E-state index contributed by atoms with van der Waals surface area (Å²) in [4.78, 5) is 35.2. The van der Waals surface area contributed by atoms with E-state index in [0.29, 0.717) is 12.3 Å². The number of likely N-dealkylation sites (tertiary alicyclic amines) is 1. The number of nitro groups is 1. The quantitative estimate of drug-likeness (QED) is 0.652. The Hall–Kier alpha value is -3.10. The Labute approximate surface area is 130 Å². The lowest BCUT2D eigenvalue weighted by molar-refractivity contribution is -0.402. The number of nitrogens with one attached hydrogen (secondary N) is 1. The summed E-state index contributed by atoms with van der Waals surface area (Å²) in [5.41, 5.74) is 0. The smallest absolute Gasteiger partial charge is 0.433 e. The van der Waals surface area contributed by atoms with Gasteiger partial charge in [-0.2, -0.15) is 0 Å². The highest BCUT2D eigenvalue weighted by molar-refractivity contribution is 5.94. The molecule has 3 heterocycles. The number of hydrogen-bond donors (Lipinski definition) is 1. The summed E-state index contributed by atoms with van der Waals surface area (Å²) < 4.78 is 9.96. The van der Waals surface area contributed by atoms with Crippen molar-refractivity contribution in [2.75, 3.05) is 13.1 Å². The van der Waals surface area contributed by atoms with Crippen LogP contribution in [-0.2, 0) is 11.3 Å². The van der Waals surface area contributed by atoms with Gasteiger partial charge in [-0.3, -0.25) is 19.7 Å². The molecule has 0 bridgehead atoms. The maximum Gasteiger partial charge on any atom is 0.433 e. The van der Waals surface area contributed by atoms with Crippen molar-refractivity contribution in [3.05, 3.63) is 52.2 Å². The van der Waals surface area contributed by atoms with Gasteiger partial charge in [0.25, 0.3) is 5.91 Å². The highest BCUT2D eigenvalue weighted by atomic mass is 16.6. The Morgan fingerprint density at radius 2 is 2.13 bits per heavy atom. The van der Waals surface area contributed by atoms with Crippen LogP contribution in [0.1, 0.15) is 16.3 Å². The molecule has 2 amide bonds. The van der Waals surface area contributed by atoms with E-state index in [2.05, 4.69) is 5.32 Å². The lowest BCUT2D eigenvalue weighted by atomic mass is 9.99. The summed E-state index contributed by atoms with van der Waals surface area (Å²) in [6, 6.07) is 5.86. The summed E-state index contributed by atoms with van der Waals surface area (Å²) in [6.07, 6.45) is 1.52. The molecule has 3 rings (SSSR count). The van der Waals surface area contributed by atoms with Gasteiger partial charge in [-0.1, -0.05) is 0 Å². The van der Waals surface area contributed by atoms with E-state index in [1.165, 1.54) is 17.2 Å². The first kappa shape index (κ1) is 14.8. The number of rotatable bonds is 5. The van der Waals surface area contributed by atoms with E-state index < -0.39 is 16.7 Å². The first-order chi connectivity index (χ1) is 11.0. The molecule has 0 spiro atoms. The first-order valence-corrected chi connectivity index (χ1v) is 6.88. The lowest BCUT2D eigenvalue weighted by Gasteiger charge is -2.37. The van der Waals surface area contributed by atoms with E-state index in [9.17, 15) is 19.7 Å². The number of carbonyl (C=O) groups is 2. The standard InChI is InChI=1S/C14H13N3O6/c18-13(15-6-10-2-1-5-22-10)9-7-16(8-9)14(19)11-3-4-12(23-11)17(20)21/h1-5,9H,6-8H2,(H,15,18). The zero-order chi connectivity index (χ0) is 16.4. The molecule has 0 radical (unpaired) electrons. The fourth-order valence-corrected chi connectivity index (χ4v) is 2.24. The summed E-state index contributed by atoms with van der Waals surface area (Å²) in [5.74, 6) is -0.885. The summed E-state index contributed by atoms with van der Waals surface area (Å²) in [5, 5.41) is 13.2. The van der Waals surface area contributed by atoms with E-state index in [4.69, 9.17) is 8.83 Å². The Bertz CT molecular complexity index is 730. The molecular formula is C14H13N3O6. The zero-order valence-corrected chi connectivity index (χ0v) is 11.9. The van der Waals surface area contributed by atoms with E-state index in [-0.39, 0.29) is 30.7 Å². The van der Waals surface area contributed by atoms with Gasteiger partial charge in [-0.05, 0) is 18.2 Å². The fraction of sp³-hybridized carbons (Fsp3) is 0.286. The van der Waals surface area contributed by atoms with Gasteiger partial charge in [0.15, 0.2) is 5.76 Å². The van der Waals surface area contributed by atoms with Crippen LogP contribution in [0.15, 0.2) is 39.4 Å². The topological polar surface area (TPSA) is 119 Å². The van der Waals surface area contributed by atoms with E-state index in [1.807, 2.05) is 0 Å². The third-order valence-corrected chi connectivity index (χ3v) is 3.54. The predicted molar refractivity (Wildman–Crippen MR) is 75.3 cm³/mol. The summed E-state index contributed by atoms with van der Waals surface area (Å²) in [6.45, 7) is 0.787. The number of furan rings is 2. The molecule has 9 heteroatoms. The third-order valence-electron chi connectivity index (χ3n) is 3.54. The maximum atomic E-state index is 12.0. The Morgan fingerprint density at radius 3 is 2.74 bits per heavy atom. The second-order valence-corrected chi connectivity index (χ2v) is 5.10. The fourth-order valence-electron chi connectivity index (χ4n) is 2.24. The molecule has 1 aliphatic heterocycles. The molecule has 2 aromatic heterocycles. The SMILES string of the molecule is O=C(NCc1ccco1)C1CN(C(=O)c2ccc([N+](=O)[O-])o2)C1. The van der Waals surface area contributed by atoms with Gasteiger partial charge in [0.1, 0.15) is 10.7 Å². The molecule has 0 aromatic carbocycles. The van der Waals surface area contributed by atoms with Crippen LogP contribution in [0.25, 0.3) is 0 Å². The normalized spacial score (nSPS) is 14.3.